The fourth-order valence-electron chi connectivity index (χ4n) is 1.96. The second kappa shape index (κ2) is 11.6. The van der Waals surface area contributed by atoms with Gasteiger partial charge in [0.05, 0.1) is 31.8 Å². The fourth-order valence-corrected chi connectivity index (χ4v) is 1.96. The number of hydrogen-bond acceptors (Lipinski definition) is 7. The number of carbonyl (C=O) groups is 2. The second-order valence-electron chi connectivity index (χ2n) is 5.10. The van der Waals surface area contributed by atoms with Crippen molar-refractivity contribution in [3.05, 3.63) is 0 Å². The van der Waals surface area contributed by atoms with E-state index < -0.39 is 30.4 Å². The van der Waals surface area contributed by atoms with Crippen LogP contribution in [0.4, 0.5) is 0 Å². The lowest BCUT2D eigenvalue weighted by Gasteiger charge is -2.24. The van der Waals surface area contributed by atoms with Gasteiger partial charge in [0.25, 0.3) is 0 Å². The van der Waals surface area contributed by atoms with Crippen molar-refractivity contribution in [2.45, 2.75) is 69.4 Å². The number of methoxy groups -OCH3 is 1. The van der Waals surface area contributed by atoms with Crippen molar-refractivity contribution in [2.75, 3.05) is 7.11 Å². The van der Waals surface area contributed by atoms with E-state index >= 15 is 0 Å². The minimum Gasteiger partial charge on any atom is -0.469 e. The largest absolute Gasteiger partial charge is 0.469 e. The lowest BCUT2D eigenvalue weighted by atomic mass is 9.97. The predicted molar refractivity (Wildman–Crippen MR) is 74.4 cm³/mol. The minimum absolute atomic E-state index is 0.224. The minimum atomic E-state index is -1.39. The zero-order chi connectivity index (χ0) is 16.3. The third-order valence-corrected chi connectivity index (χ3v) is 3.25. The number of unbranched alkanes of at least 4 members (excludes halogenated alkanes) is 3. The molecule has 7 heteroatoms. The van der Waals surface area contributed by atoms with Crippen LogP contribution in [0, 0.1) is 0 Å². The molecule has 0 aliphatic carbocycles. The lowest BCUT2D eigenvalue weighted by Crippen LogP contribution is -2.39. The Morgan fingerprint density at radius 3 is 2.33 bits per heavy atom. The van der Waals surface area contributed by atoms with E-state index in [4.69, 9.17) is 0 Å². The maximum Gasteiger partial charge on any atom is 0.308 e. The summed E-state index contributed by atoms with van der Waals surface area (Å²) in [6.07, 6.45) is -1.75. The first-order valence-corrected chi connectivity index (χ1v) is 7.15. The van der Waals surface area contributed by atoms with Gasteiger partial charge in [0, 0.05) is 12.8 Å². The summed E-state index contributed by atoms with van der Waals surface area (Å²) >= 11 is 0. The van der Waals surface area contributed by atoms with Crippen LogP contribution in [0.1, 0.15) is 44.9 Å². The van der Waals surface area contributed by atoms with Crippen molar-refractivity contribution in [1.82, 2.24) is 0 Å². The molecule has 21 heavy (non-hydrogen) atoms. The van der Waals surface area contributed by atoms with Gasteiger partial charge in [-0.15, -0.1) is 0 Å². The number of esters is 1. The van der Waals surface area contributed by atoms with E-state index in [2.05, 4.69) is 4.74 Å². The molecule has 0 aromatic rings. The van der Waals surface area contributed by atoms with Crippen LogP contribution in [-0.2, 0) is 14.3 Å². The third kappa shape index (κ3) is 9.52. The molecule has 4 atom stereocenters. The molecular weight excluding hydrogens is 280 g/mol. The van der Waals surface area contributed by atoms with Gasteiger partial charge in [-0.2, -0.15) is 0 Å². The van der Waals surface area contributed by atoms with E-state index in [0.29, 0.717) is 19.3 Å². The van der Waals surface area contributed by atoms with Gasteiger partial charge in [-0.25, -0.2) is 0 Å². The van der Waals surface area contributed by atoms with E-state index in [-0.39, 0.29) is 12.8 Å². The number of carbonyl (C=O) groups excluding carboxylic acids is 2. The topological polar surface area (TPSA) is 124 Å². The van der Waals surface area contributed by atoms with Crippen LogP contribution in [0.2, 0.25) is 0 Å². The van der Waals surface area contributed by atoms with Crippen molar-refractivity contribution in [3.63, 3.8) is 0 Å². The highest BCUT2D eigenvalue weighted by Gasteiger charge is 2.27. The maximum atomic E-state index is 10.9. The van der Waals surface area contributed by atoms with Gasteiger partial charge in [-0.3, -0.25) is 4.79 Å². The van der Waals surface area contributed by atoms with Gasteiger partial charge in [-0.05, 0) is 12.8 Å². The predicted octanol–water partition coefficient (Wildman–Crippen LogP) is -0.467. The summed E-state index contributed by atoms with van der Waals surface area (Å²) in [5.74, 6) is -0.611. The van der Waals surface area contributed by atoms with Crippen LogP contribution in [0.3, 0.4) is 0 Å². The van der Waals surface area contributed by atoms with E-state index in [1.165, 1.54) is 7.11 Å². The molecule has 0 rings (SSSR count). The molecule has 4 N–H and O–H groups in total. The molecule has 0 fully saturated rings. The molecule has 0 radical (unpaired) electrons. The molecule has 0 bridgehead atoms. The molecule has 0 aliphatic rings. The molecule has 7 nitrogen and oxygen atoms in total. The lowest BCUT2D eigenvalue weighted by molar-refractivity contribution is -0.143. The van der Waals surface area contributed by atoms with Gasteiger partial charge in [0.2, 0.25) is 0 Å². The molecule has 124 valence electrons. The first-order valence-electron chi connectivity index (χ1n) is 7.15. The molecular formula is C14H26O7. The van der Waals surface area contributed by atoms with E-state index in [1.54, 1.807) is 0 Å². The molecule has 0 aromatic carbocycles. The molecule has 0 spiro atoms. The quantitative estimate of drug-likeness (QED) is 0.218. The highest BCUT2D eigenvalue weighted by Crippen LogP contribution is 2.14. The van der Waals surface area contributed by atoms with Crippen LogP contribution in [0.5, 0.6) is 0 Å². The van der Waals surface area contributed by atoms with E-state index in [9.17, 15) is 30.0 Å². The number of hydrogen-bond donors (Lipinski definition) is 4. The number of rotatable bonds is 12. The average molecular weight is 306 g/mol. The zero-order valence-electron chi connectivity index (χ0n) is 12.4. The molecule has 0 saturated heterocycles. The van der Waals surface area contributed by atoms with Gasteiger partial charge in [0.15, 0.2) is 0 Å². The van der Waals surface area contributed by atoms with Crippen molar-refractivity contribution >= 4 is 12.3 Å². The smallest absolute Gasteiger partial charge is 0.308 e. The Labute approximate surface area is 124 Å². The number of ether oxygens (including phenoxy) is 1. The Balaban J connectivity index is 3.97. The number of aliphatic hydroxyl groups excluding tert-OH is 4. The van der Waals surface area contributed by atoms with Gasteiger partial charge < -0.3 is 30.0 Å². The molecule has 0 heterocycles. The van der Waals surface area contributed by atoms with Crippen molar-refractivity contribution in [3.8, 4) is 0 Å². The first-order chi connectivity index (χ1) is 9.92. The molecule has 0 amide bonds. The number of aldehydes is 1. The summed E-state index contributed by atoms with van der Waals surface area (Å²) in [7, 11) is 1.19. The van der Waals surface area contributed by atoms with Crippen LogP contribution in [0.25, 0.3) is 0 Å². The summed E-state index contributed by atoms with van der Waals surface area (Å²) in [6.45, 7) is 0. The molecule has 4 unspecified atom stereocenters. The van der Waals surface area contributed by atoms with Gasteiger partial charge in [0.1, 0.15) is 12.4 Å². The Kier molecular flexibility index (Phi) is 11.1. The Hall–Kier alpha value is -1.02. The molecule has 0 saturated carbocycles. The highest BCUT2D eigenvalue weighted by atomic mass is 16.5. The number of aliphatic hydroxyl groups is 4. The molecule has 0 aromatic heterocycles. The summed E-state index contributed by atoms with van der Waals surface area (Å²) in [6, 6.07) is 0. The van der Waals surface area contributed by atoms with Gasteiger partial charge in [-0.1, -0.05) is 12.8 Å². The standard InChI is InChI=1S/C14H26O7/c1-21-13(19)9-10(16)8-12(18)14(20)11(17)6-4-2-3-5-7-15/h7,10-12,14,16-18,20H,2-6,8-9H2,1H3. The highest BCUT2D eigenvalue weighted by molar-refractivity contribution is 5.69. The Morgan fingerprint density at radius 2 is 1.76 bits per heavy atom. The second-order valence-corrected chi connectivity index (χ2v) is 5.10. The average Bonchev–Trinajstić information content (AvgIpc) is 2.45. The maximum absolute atomic E-state index is 10.9. The Morgan fingerprint density at radius 1 is 1.10 bits per heavy atom. The van der Waals surface area contributed by atoms with Crippen LogP contribution < -0.4 is 0 Å². The van der Waals surface area contributed by atoms with Gasteiger partial charge >= 0.3 is 5.97 Å². The third-order valence-electron chi connectivity index (χ3n) is 3.25. The van der Waals surface area contributed by atoms with Crippen molar-refractivity contribution in [1.29, 1.82) is 0 Å². The first kappa shape index (κ1) is 20.0. The molecule has 0 aliphatic heterocycles. The summed E-state index contributed by atoms with van der Waals surface area (Å²) in [5.41, 5.74) is 0. The normalized spacial score (nSPS) is 16.8. The monoisotopic (exact) mass is 306 g/mol. The summed E-state index contributed by atoms with van der Waals surface area (Å²) in [5, 5.41) is 38.7. The van der Waals surface area contributed by atoms with Crippen LogP contribution in [-0.4, -0.2) is 64.2 Å². The summed E-state index contributed by atoms with van der Waals surface area (Å²) in [4.78, 5) is 21.1. The van der Waals surface area contributed by atoms with E-state index in [0.717, 1.165) is 19.1 Å². The van der Waals surface area contributed by atoms with E-state index in [1.807, 2.05) is 0 Å². The SMILES string of the molecule is COC(=O)CC(O)CC(O)C(O)C(O)CCCCCC=O. The van der Waals surface area contributed by atoms with Crippen molar-refractivity contribution in [2.24, 2.45) is 0 Å². The zero-order valence-corrected chi connectivity index (χ0v) is 12.4. The van der Waals surface area contributed by atoms with Crippen LogP contribution >= 0.6 is 0 Å². The summed E-state index contributed by atoms with van der Waals surface area (Å²) < 4.78 is 4.38. The van der Waals surface area contributed by atoms with Crippen LogP contribution in [0.15, 0.2) is 0 Å². The van der Waals surface area contributed by atoms with Crippen molar-refractivity contribution < 1.29 is 34.8 Å². The fraction of sp³-hybridized carbons (Fsp3) is 0.857. The Bertz CT molecular complexity index is 295.